The van der Waals surface area contributed by atoms with Crippen molar-refractivity contribution in [2.75, 3.05) is 29.9 Å². The molecule has 9 nitrogen and oxygen atoms in total. The molecule has 0 bridgehead atoms. The lowest BCUT2D eigenvalue weighted by atomic mass is 9.66. The lowest BCUT2D eigenvalue weighted by Gasteiger charge is -2.41. The van der Waals surface area contributed by atoms with E-state index in [1.54, 1.807) is 23.5 Å². The first-order valence-electron chi connectivity index (χ1n) is 12.4. The van der Waals surface area contributed by atoms with Gasteiger partial charge in [-0.25, -0.2) is 19.7 Å². The summed E-state index contributed by atoms with van der Waals surface area (Å²) in [7, 11) is 1.83. The number of anilines is 3. The Bertz CT molecular complexity index is 1180. The summed E-state index contributed by atoms with van der Waals surface area (Å²) in [5.41, 5.74) is 1.23. The lowest BCUT2D eigenvalue weighted by molar-refractivity contribution is 0.0218. The second-order valence-electron chi connectivity index (χ2n) is 11.0. The predicted molar refractivity (Wildman–Crippen MR) is 133 cm³/mol. The highest BCUT2D eigenvalue weighted by Crippen LogP contribution is 2.56. The van der Waals surface area contributed by atoms with Crippen LogP contribution < -0.4 is 9.80 Å². The summed E-state index contributed by atoms with van der Waals surface area (Å²) in [5.74, 6) is 2.59. The van der Waals surface area contributed by atoms with Crippen LogP contribution in [-0.4, -0.2) is 63.8 Å². The number of hydrogen-bond donors (Lipinski definition) is 0. The zero-order chi connectivity index (χ0) is 25.0. The van der Waals surface area contributed by atoms with E-state index in [0.29, 0.717) is 5.56 Å². The molecule has 184 valence electrons. The number of fused-ring (bicyclic) bond motifs is 2. The summed E-state index contributed by atoms with van der Waals surface area (Å²) >= 11 is 0. The van der Waals surface area contributed by atoms with Crippen LogP contribution in [0.2, 0.25) is 0 Å². The van der Waals surface area contributed by atoms with Gasteiger partial charge in [-0.15, -0.1) is 0 Å². The molecule has 0 aromatic carbocycles. The van der Waals surface area contributed by atoms with Crippen LogP contribution >= 0.6 is 0 Å². The molecule has 1 aliphatic carbocycles. The van der Waals surface area contributed by atoms with Gasteiger partial charge in [-0.2, -0.15) is 5.26 Å². The van der Waals surface area contributed by atoms with Crippen LogP contribution in [0.1, 0.15) is 64.5 Å². The number of nitriles is 1. The molecule has 1 saturated carbocycles. The van der Waals surface area contributed by atoms with E-state index in [2.05, 4.69) is 27.8 Å². The van der Waals surface area contributed by atoms with Gasteiger partial charge < -0.3 is 19.4 Å². The van der Waals surface area contributed by atoms with Crippen molar-refractivity contribution in [3.63, 3.8) is 0 Å². The minimum atomic E-state index is -0.530. The van der Waals surface area contributed by atoms with Crippen LogP contribution in [0.25, 0.3) is 0 Å². The molecular formula is C26H33N7O2. The van der Waals surface area contributed by atoms with Crippen LogP contribution in [0.15, 0.2) is 24.7 Å². The number of likely N-dealkylation sites (N-methyl/N-ethyl adjacent to an activating group) is 1. The average molecular weight is 476 g/mol. The minimum Gasteiger partial charge on any atom is -0.444 e. The molecular weight excluding hydrogens is 442 g/mol. The quantitative estimate of drug-likeness (QED) is 0.653. The molecule has 2 atom stereocenters. The highest BCUT2D eigenvalue weighted by molar-refractivity contribution is 5.75. The maximum atomic E-state index is 12.8. The Balaban J connectivity index is 1.47. The number of pyridine rings is 1. The van der Waals surface area contributed by atoms with Crippen molar-refractivity contribution in [1.29, 1.82) is 5.26 Å². The van der Waals surface area contributed by atoms with E-state index in [9.17, 15) is 10.1 Å². The summed E-state index contributed by atoms with van der Waals surface area (Å²) in [4.78, 5) is 33.0. The molecule has 2 fully saturated rings. The molecule has 4 heterocycles. The van der Waals surface area contributed by atoms with Crippen LogP contribution in [-0.2, 0) is 10.2 Å². The molecule has 0 unspecified atom stereocenters. The van der Waals surface area contributed by atoms with Crippen LogP contribution in [0.5, 0.6) is 0 Å². The maximum Gasteiger partial charge on any atom is 0.410 e. The number of ether oxygens (including phenoxy) is 1. The molecule has 1 spiro atoms. The van der Waals surface area contributed by atoms with Crippen molar-refractivity contribution in [3.8, 4) is 6.07 Å². The molecule has 5 rings (SSSR count). The highest BCUT2D eigenvalue weighted by Gasteiger charge is 2.52. The molecule has 1 saturated heterocycles. The third kappa shape index (κ3) is 3.95. The van der Waals surface area contributed by atoms with Gasteiger partial charge in [0.15, 0.2) is 0 Å². The molecule has 1 amide bonds. The smallest absolute Gasteiger partial charge is 0.410 e. The third-order valence-corrected chi connectivity index (χ3v) is 7.68. The van der Waals surface area contributed by atoms with Crippen LogP contribution in [0.4, 0.5) is 22.2 Å². The van der Waals surface area contributed by atoms with E-state index in [4.69, 9.17) is 14.7 Å². The molecule has 2 aliphatic heterocycles. The number of carbonyl (C=O) groups is 1. The van der Waals surface area contributed by atoms with E-state index in [0.717, 1.165) is 49.8 Å². The monoisotopic (exact) mass is 475 g/mol. The summed E-state index contributed by atoms with van der Waals surface area (Å²) in [5, 5.41) is 9.38. The SMILES string of the molecule is C[C@H]1[C@H](N(C)C(=O)OC(C)(C)C)CCN1c1ncnc2c1C1(CCC1)CN2c1cc(C#N)ccn1. The van der Waals surface area contributed by atoms with Crippen molar-refractivity contribution in [1.82, 2.24) is 19.9 Å². The van der Waals surface area contributed by atoms with E-state index < -0.39 is 5.60 Å². The van der Waals surface area contributed by atoms with Gasteiger partial charge in [-0.3, -0.25) is 0 Å². The first kappa shape index (κ1) is 23.3. The molecule has 0 N–H and O–H groups in total. The molecule has 35 heavy (non-hydrogen) atoms. The van der Waals surface area contributed by atoms with E-state index >= 15 is 0 Å². The molecule has 2 aromatic rings. The normalized spacial score (nSPS) is 22.5. The second kappa shape index (κ2) is 8.36. The highest BCUT2D eigenvalue weighted by atomic mass is 16.6. The summed E-state index contributed by atoms with van der Waals surface area (Å²) in [6.45, 7) is 9.42. The fourth-order valence-corrected chi connectivity index (χ4v) is 5.77. The van der Waals surface area contributed by atoms with Gasteiger partial charge in [-0.1, -0.05) is 6.42 Å². The zero-order valence-electron chi connectivity index (χ0n) is 21.2. The molecule has 2 aromatic heterocycles. The fraction of sp³-hybridized carbons (Fsp3) is 0.577. The maximum absolute atomic E-state index is 12.8. The number of rotatable bonds is 3. The Morgan fingerprint density at radius 1 is 1.26 bits per heavy atom. The Hall–Kier alpha value is -3.41. The Morgan fingerprint density at radius 2 is 2.00 bits per heavy atom. The first-order chi connectivity index (χ1) is 16.6. The predicted octanol–water partition coefficient (Wildman–Crippen LogP) is 4.15. The number of nitrogens with zero attached hydrogens (tertiary/aromatic N) is 7. The summed E-state index contributed by atoms with van der Waals surface area (Å²) in [6.07, 6.45) is 7.20. The number of hydrogen-bond acceptors (Lipinski definition) is 8. The van der Waals surface area contributed by atoms with Gasteiger partial charge in [0, 0.05) is 43.4 Å². The minimum absolute atomic E-state index is 0.00880. The number of carbonyl (C=O) groups excluding carboxylic acids is 1. The van der Waals surface area contributed by atoms with Gasteiger partial charge in [0.25, 0.3) is 0 Å². The van der Waals surface area contributed by atoms with Gasteiger partial charge in [-0.05, 0) is 59.1 Å². The fourth-order valence-electron chi connectivity index (χ4n) is 5.77. The van der Waals surface area contributed by atoms with E-state index in [1.807, 2.05) is 33.9 Å². The van der Waals surface area contributed by atoms with Crippen molar-refractivity contribution in [2.45, 2.75) is 76.5 Å². The standard InChI is InChI=1S/C26H33N7O2/c1-17-19(31(5)24(34)35-25(2,3)4)8-12-32(17)22-21-23(30-16-29-22)33(15-26(21)9-6-10-26)20-13-18(14-27)7-11-28-20/h7,11,13,16-17,19H,6,8-10,12,15H2,1-5H3/t17-,19+/m0/s1. The molecule has 9 heteroatoms. The summed E-state index contributed by atoms with van der Waals surface area (Å²) in [6, 6.07) is 5.87. The van der Waals surface area contributed by atoms with Crippen molar-refractivity contribution < 1.29 is 9.53 Å². The molecule has 0 radical (unpaired) electrons. The topological polar surface area (TPSA) is 98.5 Å². The number of amides is 1. The Labute approximate surface area is 206 Å². The second-order valence-corrected chi connectivity index (χ2v) is 11.0. The third-order valence-electron chi connectivity index (χ3n) is 7.68. The number of aromatic nitrogens is 3. The zero-order valence-corrected chi connectivity index (χ0v) is 21.2. The average Bonchev–Trinajstić information content (AvgIpc) is 3.36. The molecule has 3 aliphatic rings. The first-order valence-corrected chi connectivity index (χ1v) is 12.4. The van der Waals surface area contributed by atoms with Gasteiger partial charge in [0.05, 0.1) is 17.7 Å². The Morgan fingerprint density at radius 3 is 2.66 bits per heavy atom. The van der Waals surface area contributed by atoms with Gasteiger partial charge >= 0.3 is 6.09 Å². The largest absolute Gasteiger partial charge is 0.444 e. The van der Waals surface area contributed by atoms with Crippen molar-refractivity contribution >= 4 is 23.5 Å². The van der Waals surface area contributed by atoms with Crippen LogP contribution in [0, 0.1) is 11.3 Å². The van der Waals surface area contributed by atoms with Gasteiger partial charge in [0.1, 0.15) is 29.4 Å². The van der Waals surface area contributed by atoms with Crippen LogP contribution in [0.3, 0.4) is 0 Å². The van der Waals surface area contributed by atoms with E-state index in [1.165, 1.54) is 12.0 Å². The lowest BCUT2D eigenvalue weighted by Crippen LogP contribution is -2.47. The Kier molecular flexibility index (Phi) is 5.58. The summed E-state index contributed by atoms with van der Waals surface area (Å²) < 4.78 is 5.62. The van der Waals surface area contributed by atoms with Crippen molar-refractivity contribution in [2.24, 2.45) is 0 Å². The van der Waals surface area contributed by atoms with Gasteiger partial charge in [0.2, 0.25) is 0 Å². The van der Waals surface area contributed by atoms with Crippen molar-refractivity contribution in [3.05, 3.63) is 35.8 Å². The van der Waals surface area contributed by atoms with E-state index in [-0.39, 0.29) is 23.6 Å².